The van der Waals surface area contributed by atoms with E-state index in [1.165, 1.54) is 18.2 Å². The second-order valence-electron chi connectivity index (χ2n) is 3.40. The number of benzene rings is 1. The Hall–Kier alpha value is -1.52. The van der Waals surface area contributed by atoms with Crippen molar-refractivity contribution in [2.45, 2.75) is 25.4 Å². The Labute approximate surface area is 90.7 Å². The maximum absolute atomic E-state index is 12.5. The van der Waals surface area contributed by atoms with E-state index >= 15 is 0 Å². The van der Waals surface area contributed by atoms with E-state index in [-0.39, 0.29) is 24.8 Å². The quantitative estimate of drug-likeness (QED) is 0.865. The largest absolute Gasteiger partial charge is 0.481 e. The van der Waals surface area contributed by atoms with Gasteiger partial charge in [0, 0.05) is 6.42 Å². The fourth-order valence-electron chi connectivity index (χ4n) is 1.44. The molecule has 0 aromatic heterocycles. The van der Waals surface area contributed by atoms with Gasteiger partial charge < -0.3 is 5.11 Å². The predicted octanol–water partition coefficient (Wildman–Crippen LogP) is 3.11. The van der Waals surface area contributed by atoms with E-state index in [2.05, 4.69) is 0 Å². The van der Waals surface area contributed by atoms with Crippen LogP contribution in [0.2, 0.25) is 0 Å². The van der Waals surface area contributed by atoms with Crippen molar-refractivity contribution in [1.29, 1.82) is 0 Å². The number of carboxylic acid groups (broad SMARTS) is 1. The number of aliphatic carboxylic acids is 1. The van der Waals surface area contributed by atoms with Crippen LogP contribution in [0.15, 0.2) is 24.3 Å². The molecule has 0 spiro atoms. The molecule has 2 nitrogen and oxygen atoms in total. The van der Waals surface area contributed by atoms with Gasteiger partial charge in [0.05, 0.1) is 5.56 Å². The van der Waals surface area contributed by atoms with Crippen molar-refractivity contribution in [3.63, 3.8) is 0 Å². The molecule has 1 aromatic carbocycles. The lowest BCUT2D eigenvalue weighted by molar-refractivity contribution is -0.138. The van der Waals surface area contributed by atoms with Crippen molar-refractivity contribution in [3.05, 3.63) is 35.4 Å². The maximum Gasteiger partial charge on any atom is 0.416 e. The number of halogens is 3. The molecule has 1 rings (SSSR count). The van der Waals surface area contributed by atoms with Crippen molar-refractivity contribution < 1.29 is 23.1 Å². The van der Waals surface area contributed by atoms with Gasteiger partial charge in [0.25, 0.3) is 0 Å². The molecule has 0 saturated carbocycles. The smallest absolute Gasteiger partial charge is 0.416 e. The van der Waals surface area contributed by atoms with Crippen LogP contribution in [0.3, 0.4) is 0 Å². The molecule has 0 bridgehead atoms. The molecule has 5 heteroatoms. The van der Waals surface area contributed by atoms with Crippen LogP contribution < -0.4 is 0 Å². The summed E-state index contributed by atoms with van der Waals surface area (Å²) in [5.41, 5.74) is -0.531. The average molecular weight is 232 g/mol. The highest BCUT2D eigenvalue weighted by Gasteiger charge is 2.32. The second-order valence-corrected chi connectivity index (χ2v) is 3.40. The van der Waals surface area contributed by atoms with Crippen molar-refractivity contribution >= 4 is 5.97 Å². The van der Waals surface area contributed by atoms with Gasteiger partial charge in [-0.25, -0.2) is 0 Å². The Morgan fingerprint density at radius 1 is 1.25 bits per heavy atom. The van der Waals surface area contributed by atoms with Gasteiger partial charge in [-0.3, -0.25) is 4.79 Å². The third-order valence-electron chi connectivity index (χ3n) is 2.16. The van der Waals surface area contributed by atoms with Crippen LogP contribution in [0.1, 0.15) is 24.0 Å². The van der Waals surface area contributed by atoms with Gasteiger partial charge in [0.15, 0.2) is 0 Å². The zero-order valence-electron chi connectivity index (χ0n) is 8.42. The molecule has 0 radical (unpaired) electrons. The lowest BCUT2D eigenvalue weighted by Gasteiger charge is -2.11. The molecule has 0 aliphatic heterocycles. The summed E-state index contributed by atoms with van der Waals surface area (Å²) < 4.78 is 37.6. The number of aryl methyl sites for hydroxylation is 1. The highest BCUT2D eigenvalue weighted by atomic mass is 19.4. The van der Waals surface area contributed by atoms with Crippen LogP contribution in [-0.2, 0) is 17.4 Å². The van der Waals surface area contributed by atoms with Gasteiger partial charge in [-0.1, -0.05) is 18.2 Å². The zero-order chi connectivity index (χ0) is 12.2. The third kappa shape index (κ3) is 3.56. The van der Waals surface area contributed by atoms with Crippen molar-refractivity contribution in [1.82, 2.24) is 0 Å². The molecule has 0 amide bonds. The first-order chi connectivity index (χ1) is 7.41. The minimum absolute atomic E-state index is 0.119. The van der Waals surface area contributed by atoms with Gasteiger partial charge in [-0.2, -0.15) is 13.2 Å². The first kappa shape index (κ1) is 12.5. The van der Waals surface area contributed by atoms with E-state index in [0.717, 1.165) is 6.07 Å². The van der Waals surface area contributed by atoms with E-state index in [9.17, 15) is 18.0 Å². The van der Waals surface area contributed by atoms with Crippen molar-refractivity contribution in [2.24, 2.45) is 0 Å². The van der Waals surface area contributed by atoms with Crippen LogP contribution in [0.25, 0.3) is 0 Å². The predicted molar refractivity (Wildman–Crippen MR) is 52.0 cm³/mol. The number of carboxylic acids is 1. The summed E-state index contributed by atoms with van der Waals surface area (Å²) in [6.07, 6.45) is -4.16. The van der Waals surface area contributed by atoms with Crippen LogP contribution in [-0.4, -0.2) is 11.1 Å². The van der Waals surface area contributed by atoms with Gasteiger partial charge in [-0.05, 0) is 24.5 Å². The fraction of sp³-hybridized carbons (Fsp3) is 0.364. The van der Waals surface area contributed by atoms with Gasteiger partial charge in [0.2, 0.25) is 0 Å². The molecule has 0 aliphatic carbocycles. The summed E-state index contributed by atoms with van der Waals surface area (Å²) in [6, 6.07) is 5.23. The molecule has 1 N–H and O–H groups in total. The molecule has 0 saturated heterocycles. The molecule has 0 fully saturated rings. The molecule has 0 heterocycles. The monoisotopic (exact) mass is 232 g/mol. The normalized spacial score (nSPS) is 11.4. The van der Waals surface area contributed by atoms with E-state index in [0.29, 0.717) is 0 Å². The Bertz CT molecular complexity index is 372. The lowest BCUT2D eigenvalue weighted by Crippen LogP contribution is -2.09. The number of hydrogen-bond donors (Lipinski definition) is 1. The SMILES string of the molecule is O=C(O)CCCc1ccccc1C(F)(F)F. The van der Waals surface area contributed by atoms with Crippen LogP contribution in [0.4, 0.5) is 13.2 Å². The van der Waals surface area contributed by atoms with E-state index in [4.69, 9.17) is 5.11 Å². The number of rotatable bonds is 4. The molecule has 16 heavy (non-hydrogen) atoms. The highest BCUT2D eigenvalue weighted by molar-refractivity contribution is 5.66. The first-order valence-electron chi connectivity index (χ1n) is 4.78. The molecule has 88 valence electrons. The molecule has 0 unspecified atom stereocenters. The molecular weight excluding hydrogens is 221 g/mol. The summed E-state index contributed by atoms with van der Waals surface area (Å²) in [7, 11) is 0. The zero-order valence-corrected chi connectivity index (χ0v) is 8.42. The topological polar surface area (TPSA) is 37.3 Å². The molecular formula is C11H11F3O2. The standard InChI is InChI=1S/C11H11F3O2/c12-11(13,14)9-6-2-1-4-8(9)5-3-7-10(15)16/h1-2,4,6H,3,5,7H2,(H,15,16). The Morgan fingerprint density at radius 2 is 1.88 bits per heavy atom. The highest BCUT2D eigenvalue weighted by Crippen LogP contribution is 2.32. The van der Waals surface area contributed by atoms with Gasteiger partial charge in [-0.15, -0.1) is 0 Å². The molecule has 0 aliphatic rings. The summed E-state index contributed by atoms with van der Waals surface area (Å²) in [5.74, 6) is -0.996. The van der Waals surface area contributed by atoms with Gasteiger partial charge >= 0.3 is 12.1 Å². The summed E-state index contributed by atoms with van der Waals surface area (Å²) in [6.45, 7) is 0. The Kier molecular flexibility index (Phi) is 3.93. The van der Waals surface area contributed by atoms with Crippen LogP contribution in [0.5, 0.6) is 0 Å². The number of hydrogen-bond acceptors (Lipinski definition) is 1. The van der Waals surface area contributed by atoms with E-state index in [1.807, 2.05) is 0 Å². The van der Waals surface area contributed by atoms with Crippen molar-refractivity contribution in [2.75, 3.05) is 0 Å². The maximum atomic E-state index is 12.5. The molecule has 0 atom stereocenters. The third-order valence-corrected chi connectivity index (χ3v) is 2.16. The second kappa shape index (κ2) is 5.01. The summed E-state index contributed by atoms with van der Waals surface area (Å²) in [5, 5.41) is 8.40. The minimum atomic E-state index is -4.38. The van der Waals surface area contributed by atoms with Gasteiger partial charge in [0.1, 0.15) is 0 Å². The average Bonchev–Trinajstić information content (AvgIpc) is 2.16. The molecule has 1 aromatic rings. The summed E-state index contributed by atoms with van der Waals surface area (Å²) in [4.78, 5) is 10.2. The Morgan fingerprint density at radius 3 is 2.44 bits per heavy atom. The number of carbonyl (C=O) groups is 1. The lowest BCUT2D eigenvalue weighted by atomic mass is 10.0. The fourth-order valence-corrected chi connectivity index (χ4v) is 1.44. The van der Waals surface area contributed by atoms with E-state index < -0.39 is 17.7 Å². The van der Waals surface area contributed by atoms with Crippen molar-refractivity contribution in [3.8, 4) is 0 Å². The number of alkyl halides is 3. The first-order valence-corrected chi connectivity index (χ1v) is 4.78. The van der Waals surface area contributed by atoms with Crippen LogP contribution >= 0.6 is 0 Å². The van der Waals surface area contributed by atoms with Crippen LogP contribution in [0, 0.1) is 0 Å². The van der Waals surface area contributed by atoms with E-state index in [1.54, 1.807) is 0 Å². The minimum Gasteiger partial charge on any atom is -0.481 e. The summed E-state index contributed by atoms with van der Waals surface area (Å²) >= 11 is 0. The Balaban J connectivity index is 2.76.